The van der Waals surface area contributed by atoms with Gasteiger partial charge in [0.15, 0.2) is 6.10 Å². The highest BCUT2D eigenvalue weighted by Crippen LogP contribution is 2.30. The summed E-state index contributed by atoms with van der Waals surface area (Å²) in [6, 6.07) is 0. The van der Waals surface area contributed by atoms with Crippen molar-refractivity contribution in [2.45, 2.75) is 23.6 Å². The minimum Gasteiger partial charge on any atom is -0.372 e. The van der Waals surface area contributed by atoms with Crippen molar-refractivity contribution in [2.75, 3.05) is 19.5 Å². The van der Waals surface area contributed by atoms with Crippen LogP contribution in [-0.2, 0) is 25.1 Å². The van der Waals surface area contributed by atoms with E-state index in [-0.39, 0.29) is 18.0 Å². The van der Waals surface area contributed by atoms with Crippen LogP contribution in [0.4, 0.5) is 0 Å². The average Bonchev–Trinajstić information content (AvgIpc) is 2.66. The lowest BCUT2D eigenvalue weighted by Gasteiger charge is -2.13. The van der Waals surface area contributed by atoms with E-state index in [1.807, 2.05) is 0 Å². The molecule has 15 heavy (non-hydrogen) atoms. The van der Waals surface area contributed by atoms with Crippen molar-refractivity contribution in [3.8, 4) is 0 Å². The summed E-state index contributed by atoms with van der Waals surface area (Å²) in [5.74, 6) is 0. The van der Waals surface area contributed by atoms with Crippen LogP contribution in [0.25, 0.3) is 0 Å². The Morgan fingerprint density at radius 3 is 2.67 bits per heavy atom. The fourth-order valence-corrected chi connectivity index (χ4v) is 2.80. The highest BCUT2D eigenvalue weighted by molar-refractivity contribution is 7.85. The molecule has 0 radical (unpaired) electrons. The fraction of sp³-hybridized carbons (Fsp3) is 1.00. The quantitative estimate of drug-likeness (QED) is 0.467. The molecule has 2 aliphatic rings. The van der Waals surface area contributed by atoms with E-state index >= 15 is 0 Å². The lowest BCUT2D eigenvalue weighted by molar-refractivity contribution is -0.769. The van der Waals surface area contributed by atoms with Crippen molar-refractivity contribution in [3.63, 3.8) is 0 Å². The van der Waals surface area contributed by atoms with Crippen molar-refractivity contribution in [3.05, 3.63) is 10.1 Å². The fourth-order valence-electron chi connectivity index (χ4n) is 1.91. The van der Waals surface area contributed by atoms with Gasteiger partial charge in [-0.05, 0) is 0 Å². The van der Waals surface area contributed by atoms with E-state index in [4.69, 9.17) is 9.47 Å². The summed E-state index contributed by atoms with van der Waals surface area (Å²) in [6.45, 7) is 0.417. The second-order valence-corrected chi connectivity index (χ2v) is 5.10. The molecule has 0 aromatic heterocycles. The number of ether oxygens (including phenoxy) is 2. The predicted molar refractivity (Wildman–Crippen MR) is 49.2 cm³/mol. The third kappa shape index (κ3) is 1.97. The second-order valence-electron chi connectivity index (χ2n) is 3.50. The smallest absolute Gasteiger partial charge is 0.294 e. The zero-order valence-corrected chi connectivity index (χ0v) is 8.85. The third-order valence-corrected chi connectivity index (χ3v) is 3.87. The first-order chi connectivity index (χ1) is 7.09. The summed E-state index contributed by atoms with van der Waals surface area (Å²) in [7, 11) is -1.05. The summed E-state index contributed by atoms with van der Waals surface area (Å²) in [4.78, 5) is 14.6. The molecular weight excluding hydrogens is 226 g/mol. The number of hydrogen-bond acceptors (Lipinski definition) is 6. The molecule has 2 saturated heterocycles. The Morgan fingerprint density at radius 2 is 2.07 bits per heavy atom. The van der Waals surface area contributed by atoms with Gasteiger partial charge in [0, 0.05) is 17.1 Å². The molecule has 0 aliphatic carbocycles. The van der Waals surface area contributed by atoms with Crippen molar-refractivity contribution < 1.29 is 23.6 Å². The Balaban J connectivity index is 2.02. The molecule has 2 heterocycles. The van der Waals surface area contributed by atoms with Gasteiger partial charge in [-0.3, -0.25) is 4.21 Å². The van der Waals surface area contributed by atoms with E-state index < -0.39 is 28.1 Å². The van der Waals surface area contributed by atoms with Gasteiger partial charge < -0.3 is 14.3 Å². The maximum absolute atomic E-state index is 11.3. The minimum atomic E-state index is -1.05. The van der Waals surface area contributed by atoms with Gasteiger partial charge in [0.25, 0.3) is 5.09 Å². The first-order valence-corrected chi connectivity index (χ1v) is 6.08. The molecular formula is C7H11NO6S. The van der Waals surface area contributed by atoms with Crippen LogP contribution in [0, 0.1) is 10.1 Å². The van der Waals surface area contributed by atoms with E-state index in [0.717, 1.165) is 0 Å². The number of fused-ring (bicyclic) bond motifs is 1. The maximum Gasteiger partial charge on any atom is 0.294 e. The number of hydrogen-bond donors (Lipinski definition) is 0. The molecule has 8 heteroatoms. The van der Waals surface area contributed by atoms with Crippen LogP contribution in [0.15, 0.2) is 0 Å². The Hall–Kier alpha value is -0.730. The Bertz CT molecular complexity index is 297. The van der Waals surface area contributed by atoms with Gasteiger partial charge in [-0.25, -0.2) is 0 Å². The van der Waals surface area contributed by atoms with E-state index in [1.54, 1.807) is 6.26 Å². The lowest BCUT2D eigenvalue weighted by Crippen LogP contribution is -2.35. The lowest BCUT2D eigenvalue weighted by atomic mass is 10.1. The normalized spacial score (nSPS) is 41.1. The molecule has 0 spiro atoms. The maximum atomic E-state index is 11.3. The second kappa shape index (κ2) is 4.03. The van der Waals surface area contributed by atoms with Crippen molar-refractivity contribution in [2.24, 2.45) is 0 Å². The summed E-state index contributed by atoms with van der Waals surface area (Å²) in [5, 5.41) is 9.11. The van der Waals surface area contributed by atoms with E-state index in [0.29, 0.717) is 6.61 Å². The van der Waals surface area contributed by atoms with Gasteiger partial charge in [-0.2, -0.15) is 0 Å². The highest BCUT2D eigenvalue weighted by Gasteiger charge is 2.50. The molecule has 0 bridgehead atoms. The molecule has 5 atom stereocenters. The minimum absolute atomic E-state index is 0.115. The summed E-state index contributed by atoms with van der Waals surface area (Å²) < 4.78 is 21.9. The Labute approximate surface area is 88.2 Å². The van der Waals surface area contributed by atoms with Gasteiger partial charge >= 0.3 is 0 Å². The van der Waals surface area contributed by atoms with Gasteiger partial charge in [0.1, 0.15) is 12.2 Å². The van der Waals surface area contributed by atoms with Gasteiger partial charge in [-0.1, -0.05) is 0 Å². The monoisotopic (exact) mass is 237 g/mol. The molecule has 0 amide bonds. The highest BCUT2D eigenvalue weighted by atomic mass is 32.2. The van der Waals surface area contributed by atoms with Crippen LogP contribution in [0.3, 0.4) is 0 Å². The molecule has 0 aromatic rings. The molecule has 0 saturated carbocycles. The van der Waals surface area contributed by atoms with Crippen LogP contribution in [0.2, 0.25) is 0 Å². The third-order valence-electron chi connectivity index (χ3n) is 2.61. The van der Waals surface area contributed by atoms with Crippen molar-refractivity contribution >= 4 is 10.8 Å². The molecule has 7 nitrogen and oxygen atoms in total. The zero-order valence-electron chi connectivity index (χ0n) is 8.03. The standard InChI is InChI=1S/C7H11NO6S/c1-15(11)5-3-13-6-4(14-8(9)10)2-12-7(5)6/h4-7H,2-3H2,1H3/t4?,5?,6?,7?,15-/m0/s1. The molecule has 0 N–H and O–H groups in total. The van der Waals surface area contributed by atoms with Crippen LogP contribution in [-0.4, -0.2) is 52.3 Å². The summed E-state index contributed by atoms with van der Waals surface area (Å²) >= 11 is 0. The predicted octanol–water partition coefficient (Wildman–Crippen LogP) is -0.892. The number of rotatable bonds is 3. The van der Waals surface area contributed by atoms with Gasteiger partial charge in [0.2, 0.25) is 0 Å². The van der Waals surface area contributed by atoms with Crippen molar-refractivity contribution in [1.82, 2.24) is 0 Å². The van der Waals surface area contributed by atoms with Crippen LogP contribution in [0.5, 0.6) is 0 Å². The molecule has 2 fully saturated rings. The van der Waals surface area contributed by atoms with E-state index in [2.05, 4.69) is 4.84 Å². The molecule has 86 valence electrons. The zero-order chi connectivity index (χ0) is 11.0. The van der Waals surface area contributed by atoms with Crippen LogP contribution in [0.1, 0.15) is 0 Å². The Kier molecular flexibility index (Phi) is 2.89. The molecule has 2 aliphatic heterocycles. The molecule has 2 rings (SSSR count). The molecule has 0 aromatic carbocycles. The first kappa shape index (κ1) is 10.8. The largest absolute Gasteiger partial charge is 0.372 e. The first-order valence-electron chi connectivity index (χ1n) is 4.46. The topological polar surface area (TPSA) is 87.9 Å². The van der Waals surface area contributed by atoms with Crippen molar-refractivity contribution in [1.29, 1.82) is 0 Å². The molecule has 4 unspecified atom stereocenters. The number of nitrogens with zero attached hydrogens (tertiary/aromatic N) is 1. The van der Waals surface area contributed by atoms with Crippen LogP contribution >= 0.6 is 0 Å². The van der Waals surface area contributed by atoms with E-state index in [1.165, 1.54) is 0 Å². The Morgan fingerprint density at radius 1 is 1.40 bits per heavy atom. The van der Waals surface area contributed by atoms with Gasteiger partial charge in [0.05, 0.1) is 18.5 Å². The van der Waals surface area contributed by atoms with Gasteiger partial charge in [-0.15, -0.1) is 10.1 Å². The SMILES string of the molecule is C[S@](=O)C1COC2C(O[N+](=O)[O-])COC21. The summed E-state index contributed by atoms with van der Waals surface area (Å²) in [6.07, 6.45) is 0.0604. The summed E-state index contributed by atoms with van der Waals surface area (Å²) in [5.41, 5.74) is 0. The average molecular weight is 237 g/mol. The van der Waals surface area contributed by atoms with E-state index in [9.17, 15) is 14.3 Å². The van der Waals surface area contributed by atoms with Crippen LogP contribution < -0.4 is 0 Å².